The lowest BCUT2D eigenvalue weighted by atomic mass is 10.4. The maximum Gasteiger partial charge on any atom is 0.236 e. The lowest BCUT2D eigenvalue weighted by Gasteiger charge is -2.21. The Balaban J connectivity index is 3.75. The Morgan fingerprint density at radius 1 is 1.35 bits per heavy atom. The standard InChI is InChI=1S/C12H23N3O2/c1-11(2)17-9-8-14(3)10-12(16)15(4)7-5-6-13/h11H,5,7-10H2,1-4H3. The van der Waals surface area contributed by atoms with Crippen LogP contribution in [0.5, 0.6) is 0 Å². The van der Waals surface area contributed by atoms with Crippen molar-refractivity contribution in [3.05, 3.63) is 0 Å². The van der Waals surface area contributed by atoms with Gasteiger partial charge in [-0.05, 0) is 20.9 Å². The first-order chi connectivity index (χ1) is 7.97. The number of nitrogens with zero attached hydrogens (tertiary/aromatic N) is 3. The van der Waals surface area contributed by atoms with E-state index in [2.05, 4.69) is 0 Å². The number of nitriles is 1. The zero-order valence-electron chi connectivity index (χ0n) is 11.3. The van der Waals surface area contributed by atoms with Gasteiger partial charge in [0.1, 0.15) is 0 Å². The molecule has 0 saturated carbocycles. The van der Waals surface area contributed by atoms with Gasteiger partial charge in [0, 0.05) is 20.1 Å². The van der Waals surface area contributed by atoms with Gasteiger partial charge in [0.25, 0.3) is 0 Å². The first-order valence-electron chi connectivity index (χ1n) is 5.88. The highest BCUT2D eigenvalue weighted by molar-refractivity contribution is 5.77. The Hall–Kier alpha value is -1.12. The predicted octanol–water partition coefficient (Wildman–Crippen LogP) is 0.715. The second kappa shape index (κ2) is 8.97. The number of hydrogen-bond acceptors (Lipinski definition) is 4. The second-order valence-corrected chi connectivity index (χ2v) is 4.38. The highest BCUT2D eigenvalue weighted by Gasteiger charge is 2.11. The van der Waals surface area contributed by atoms with E-state index in [4.69, 9.17) is 10.00 Å². The van der Waals surface area contributed by atoms with Crippen LogP contribution in [0.15, 0.2) is 0 Å². The smallest absolute Gasteiger partial charge is 0.236 e. The molecule has 0 fully saturated rings. The highest BCUT2D eigenvalue weighted by Crippen LogP contribution is 1.93. The summed E-state index contributed by atoms with van der Waals surface area (Å²) in [6.45, 7) is 6.19. The first kappa shape index (κ1) is 15.9. The minimum absolute atomic E-state index is 0.0345. The van der Waals surface area contributed by atoms with Crippen molar-refractivity contribution in [2.75, 3.05) is 40.3 Å². The van der Waals surface area contributed by atoms with Crippen molar-refractivity contribution in [3.63, 3.8) is 0 Å². The summed E-state index contributed by atoms with van der Waals surface area (Å²) in [5.41, 5.74) is 0. The average Bonchev–Trinajstić information content (AvgIpc) is 2.25. The Labute approximate surface area is 104 Å². The molecule has 0 N–H and O–H groups in total. The molecule has 1 amide bonds. The number of likely N-dealkylation sites (N-methyl/N-ethyl adjacent to an activating group) is 2. The van der Waals surface area contributed by atoms with E-state index in [-0.39, 0.29) is 12.0 Å². The molecule has 0 aromatic carbocycles. The summed E-state index contributed by atoms with van der Waals surface area (Å²) < 4.78 is 5.41. The maximum absolute atomic E-state index is 11.7. The van der Waals surface area contributed by atoms with E-state index < -0.39 is 0 Å². The maximum atomic E-state index is 11.7. The summed E-state index contributed by atoms with van der Waals surface area (Å²) in [5, 5.41) is 8.43. The van der Waals surface area contributed by atoms with Gasteiger partial charge in [-0.3, -0.25) is 9.69 Å². The van der Waals surface area contributed by atoms with Crippen molar-refractivity contribution in [3.8, 4) is 6.07 Å². The molecule has 5 heteroatoms. The Morgan fingerprint density at radius 2 is 2.00 bits per heavy atom. The van der Waals surface area contributed by atoms with Crippen LogP contribution in [0.2, 0.25) is 0 Å². The monoisotopic (exact) mass is 241 g/mol. The third kappa shape index (κ3) is 8.66. The van der Waals surface area contributed by atoms with Crippen molar-refractivity contribution < 1.29 is 9.53 Å². The van der Waals surface area contributed by atoms with Gasteiger partial charge in [-0.1, -0.05) is 0 Å². The summed E-state index contributed by atoms with van der Waals surface area (Å²) in [6, 6.07) is 2.03. The van der Waals surface area contributed by atoms with Gasteiger partial charge in [-0.2, -0.15) is 5.26 Å². The van der Waals surface area contributed by atoms with E-state index in [9.17, 15) is 4.79 Å². The van der Waals surface area contributed by atoms with Crippen LogP contribution in [0.1, 0.15) is 20.3 Å². The third-order valence-electron chi connectivity index (χ3n) is 2.31. The molecule has 0 aliphatic carbocycles. The molecule has 0 aliphatic rings. The van der Waals surface area contributed by atoms with Gasteiger partial charge in [0.15, 0.2) is 0 Å². The Kier molecular flexibility index (Phi) is 8.38. The molecule has 0 bridgehead atoms. The van der Waals surface area contributed by atoms with E-state index in [1.54, 1.807) is 11.9 Å². The first-order valence-corrected chi connectivity index (χ1v) is 5.88. The molecule has 98 valence electrons. The van der Waals surface area contributed by atoms with Crippen molar-refractivity contribution in [1.29, 1.82) is 5.26 Å². The normalized spacial score (nSPS) is 10.6. The van der Waals surface area contributed by atoms with E-state index in [0.717, 1.165) is 6.54 Å². The molecule has 0 rings (SSSR count). The number of carbonyl (C=O) groups is 1. The lowest BCUT2D eigenvalue weighted by Crippen LogP contribution is -2.38. The Bertz CT molecular complexity index is 261. The molecule has 0 saturated heterocycles. The number of rotatable bonds is 8. The van der Waals surface area contributed by atoms with Gasteiger partial charge in [0.2, 0.25) is 5.91 Å². The third-order valence-corrected chi connectivity index (χ3v) is 2.31. The molecule has 0 heterocycles. The van der Waals surface area contributed by atoms with Crippen LogP contribution in [0, 0.1) is 11.3 Å². The number of amides is 1. The van der Waals surface area contributed by atoms with Gasteiger partial charge in [-0.25, -0.2) is 0 Å². The molecular formula is C12H23N3O2. The van der Waals surface area contributed by atoms with Crippen LogP contribution >= 0.6 is 0 Å². The van der Waals surface area contributed by atoms with E-state index in [0.29, 0.717) is 26.1 Å². The minimum Gasteiger partial charge on any atom is -0.377 e. The molecule has 0 radical (unpaired) electrons. The highest BCUT2D eigenvalue weighted by atomic mass is 16.5. The quantitative estimate of drug-likeness (QED) is 0.628. The van der Waals surface area contributed by atoms with E-state index in [1.807, 2.05) is 31.9 Å². The lowest BCUT2D eigenvalue weighted by molar-refractivity contribution is -0.130. The fraction of sp³-hybridized carbons (Fsp3) is 0.833. The van der Waals surface area contributed by atoms with Gasteiger partial charge in [0.05, 0.1) is 31.7 Å². The second-order valence-electron chi connectivity index (χ2n) is 4.38. The van der Waals surface area contributed by atoms with Crippen LogP contribution in [0.25, 0.3) is 0 Å². The molecular weight excluding hydrogens is 218 g/mol. The van der Waals surface area contributed by atoms with Crippen LogP contribution < -0.4 is 0 Å². The minimum atomic E-state index is 0.0345. The predicted molar refractivity (Wildman–Crippen MR) is 66.5 cm³/mol. The summed E-state index contributed by atoms with van der Waals surface area (Å²) in [5.74, 6) is 0.0345. The molecule has 17 heavy (non-hydrogen) atoms. The van der Waals surface area contributed by atoms with Crippen molar-refractivity contribution in [2.45, 2.75) is 26.4 Å². The molecule has 0 aromatic rings. The number of hydrogen-bond donors (Lipinski definition) is 0. The molecule has 0 aliphatic heterocycles. The molecule has 5 nitrogen and oxygen atoms in total. The average molecular weight is 241 g/mol. The van der Waals surface area contributed by atoms with Gasteiger partial charge >= 0.3 is 0 Å². The van der Waals surface area contributed by atoms with Crippen molar-refractivity contribution in [1.82, 2.24) is 9.80 Å². The topological polar surface area (TPSA) is 56.6 Å². The number of carbonyl (C=O) groups excluding carboxylic acids is 1. The molecule has 0 atom stereocenters. The van der Waals surface area contributed by atoms with Crippen molar-refractivity contribution >= 4 is 5.91 Å². The molecule has 0 spiro atoms. The Morgan fingerprint density at radius 3 is 2.53 bits per heavy atom. The number of ether oxygens (including phenoxy) is 1. The fourth-order valence-electron chi connectivity index (χ4n) is 1.22. The van der Waals surface area contributed by atoms with E-state index >= 15 is 0 Å². The van der Waals surface area contributed by atoms with Gasteiger partial charge < -0.3 is 9.64 Å². The zero-order chi connectivity index (χ0) is 13.3. The zero-order valence-corrected chi connectivity index (χ0v) is 11.3. The SMILES string of the molecule is CC(C)OCCN(C)CC(=O)N(C)CCC#N. The summed E-state index contributed by atoms with van der Waals surface area (Å²) in [4.78, 5) is 15.2. The van der Waals surface area contributed by atoms with Crippen molar-refractivity contribution in [2.24, 2.45) is 0 Å². The largest absolute Gasteiger partial charge is 0.377 e. The van der Waals surface area contributed by atoms with Crippen LogP contribution in [-0.2, 0) is 9.53 Å². The fourth-order valence-corrected chi connectivity index (χ4v) is 1.22. The summed E-state index contributed by atoms with van der Waals surface area (Å²) in [6.07, 6.45) is 0.597. The van der Waals surface area contributed by atoms with Crippen LogP contribution in [0.3, 0.4) is 0 Å². The van der Waals surface area contributed by atoms with Crippen LogP contribution in [-0.4, -0.2) is 62.1 Å². The molecule has 0 unspecified atom stereocenters. The molecule has 0 aromatic heterocycles. The van der Waals surface area contributed by atoms with Gasteiger partial charge in [-0.15, -0.1) is 0 Å². The van der Waals surface area contributed by atoms with Crippen LogP contribution in [0.4, 0.5) is 0 Å². The summed E-state index contributed by atoms with van der Waals surface area (Å²) in [7, 11) is 3.61. The van der Waals surface area contributed by atoms with E-state index in [1.165, 1.54) is 0 Å². The summed E-state index contributed by atoms with van der Waals surface area (Å²) >= 11 is 0.